The standard InChI is InChI=1S/C54H49P/c1-4-37-23-24-38-13-5-8-17-46(38)51(37)52-42(28-25-39-14-6-9-18-47(39)52)32-36(3)45-16-11-12-20-50(45)55-33-43-29-26-40-15-7-10-19-48(40)53(43)54-44(34-55)30-27-41-22-21-35(2)31-49(41)54/h6-12,14-20,22-31,35-36H,4-5,13,21,32-34H2,1-3H3. The summed E-state index contributed by atoms with van der Waals surface area (Å²) in [5, 5.41) is 9.88. The van der Waals surface area contributed by atoms with E-state index in [4.69, 9.17) is 0 Å². The third-order valence-electron chi connectivity index (χ3n) is 12.8. The topological polar surface area (TPSA) is 0 Å². The third-order valence-corrected chi connectivity index (χ3v) is 15.3. The van der Waals surface area contributed by atoms with Gasteiger partial charge in [0.1, 0.15) is 0 Å². The summed E-state index contributed by atoms with van der Waals surface area (Å²) in [4.78, 5) is 0. The first kappa shape index (κ1) is 34.5. The van der Waals surface area contributed by atoms with E-state index >= 15 is 0 Å². The van der Waals surface area contributed by atoms with Crippen molar-refractivity contribution in [2.24, 2.45) is 5.92 Å². The second kappa shape index (κ2) is 14.2. The van der Waals surface area contributed by atoms with Gasteiger partial charge in [-0.05, 0) is 155 Å². The molecule has 3 aliphatic rings. The van der Waals surface area contributed by atoms with Crippen molar-refractivity contribution < 1.29 is 0 Å². The summed E-state index contributed by atoms with van der Waals surface area (Å²) in [5.74, 6) is 0.916. The van der Waals surface area contributed by atoms with E-state index < -0.39 is 7.92 Å². The van der Waals surface area contributed by atoms with E-state index in [2.05, 4.69) is 166 Å². The Balaban J connectivity index is 1.11. The number of benzene rings is 7. The molecule has 0 fully saturated rings. The number of allylic oxidation sites excluding steroid dienone is 1. The molecule has 1 heteroatoms. The fourth-order valence-corrected chi connectivity index (χ4v) is 12.8. The first-order chi connectivity index (χ1) is 27.1. The maximum atomic E-state index is 2.56. The molecule has 0 bridgehead atoms. The Morgan fingerprint density at radius 3 is 2.15 bits per heavy atom. The van der Waals surface area contributed by atoms with Crippen LogP contribution in [0.25, 0.3) is 62.0 Å². The van der Waals surface area contributed by atoms with Crippen LogP contribution < -0.4 is 15.7 Å². The molecule has 1 aliphatic heterocycles. The number of hydrogen-bond acceptors (Lipinski definition) is 0. The highest BCUT2D eigenvalue weighted by molar-refractivity contribution is 7.64. The van der Waals surface area contributed by atoms with E-state index in [1.54, 1.807) is 5.30 Å². The highest BCUT2D eigenvalue weighted by Crippen LogP contribution is 2.51. The molecule has 0 saturated heterocycles. The summed E-state index contributed by atoms with van der Waals surface area (Å²) < 4.78 is 0. The van der Waals surface area contributed by atoms with Crippen molar-refractivity contribution in [2.75, 3.05) is 0 Å². The van der Waals surface area contributed by atoms with E-state index in [1.807, 2.05) is 0 Å². The summed E-state index contributed by atoms with van der Waals surface area (Å²) in [6.07, 6.45) is 17.4. The zero-order valence-electron chi connectivity index (χ0n) is 32.4. The van der Waals surface area contributed by atoms with Crippen LogP contribution in [0, 0.1) is 5.92 Å². The lowest BCUT2D eigenvalue weighted by Gasteiger charge is -2.26. The molecule has 7 aromatic carbocycles. The molecule has 1 heterocycles. The van der Waals surface area contributed by atoms with Crippen LogP contribution in [0.2, 0.25) is 0 Å². The van der Waals surface area contributed by atoms with E-state index in [9.17, 15) is 0 Å². The maximum absolute atomic E-state index is 2.56. The Bertz CT molecular complexity index is 2800. The molecule has 0 nitrogen and oxygen atoms in total. The molecule has 10 rings (SSSR count). The minimum Gasteiger partial charge on any atom is -0.0836 e. The zero-order chi connectivity index (χ0) is 37.0. The fourth-order valence-electron chi connectivity index (χ4n) is 10.1. The van der Waals surface area contributed by atoms with Crippen LogP contribution in [-0.2, 0) is 31.6 Å². The first-order valence-electron chi connectivity index (χ1n) is 20.6. The monoisotopic (exact) mass is 728 g/mol. The van der Waals surface area contributed by atoms with Gasteiger partial charge in [0.15, 0.2) is 0 Å². The van der Waals surface area contributed by atoms with Crippen molar-refractivity contribution in [1.29, 1.82) is 0 Å². The lowest BCUT2D eigenvalue weighted by molar-refractivity contribution is 0.765. The number of aryl methyl sites for hydroxylation is 2. The molecule has 270 valence electrons. The predicted molar refractivity (Wildman–Crippen MR) is 240 cm³/mol. The summed E-state index contributed by atoms with van der Waals surface area (Å²) in [6.45, 7) is 7.18. The SMILES string of the molecule is CCc1ccc2c(c1-c1c(CC(C)c3ccccc3P3Cc4ccc5c(c4-c4c(ccc6ccccc46)C3)=CC(C)CC=5)ccc3ccccc13)C=CCC2. The molecule has 3 unspecified atom stereocenters. The van der Waals surface area contributed by atoms with Gasteiger partial charge in [0, 0.05) is 0 Å². The number of fused-ring (bicyclic) bond motifs is 9. The quantitative estimate of drug-likeness (QED) is 0.150. The Kier molecular flexibility index (Phi) is 8.92. The van der Waals surface area contributed by atoms with Crippen molar-refractivity contribution in [1.82, 2.24) is 0 Å². The van der Waals surface area contributed by atoms with Crippen LogP contribution in [0.5, 0.6) is 0 Å². The summed E-state index contributed by atoms with van der Waals surface area (Å²) in [6, 6.07) is 47.0. The average molecular weight is 729 g/mol. The van der Waals surface area contributed by atoms with Gasteiger partial charge in [-0.3, -0.25) is 0 Å². The van der Waals surface area contributed by atoms with Gasteiger partial charge < -0.3 is 0 Å². The van der Waals surface area contributed by atoms with Crippen molar-refractivity contribution in [3.05, 3.63) is 177 Å². The normalized spacial score (nSPS) is 17.7. The largest absolute Gasteiger partial charge is 0.0836 e. The van der Waals surface area contributed by atoms with Crippen LogP contribution in [0.3, 0.4) is 0 Å². The Morgan fingerprint density at radius 1 is 0.655 bits per heavy atom. The number of rotatable bonds is 6. The second-order valence-electron chi connectivity index (χ2n) is 16.3. The molecule has 7 aromatic rings. The van der Waals surface area contributed by atoms with E-state index in [-0.39, 0.29) is 0 Å². The van der Waals surface area contributed by atoms with Gasteiger partial charge in [-0.1, -0.05) is 174 Å². The Morgan fingerprint density at radius 2 is 1.33 bits per heavy atom. The molecule has 0 radical (unpaired) electrons. The number of hydrogen-bond donors (Lipinski definition) is 0. The lowest BCUT2D eigenvalue weighted by Crippen LogP contribution is -2.31. The van der Waals surface area contributed by atoms with Gasteiger partial charge in [-0.25, -0.2) is 0 Å². The fraction of sp³-hybridized carbons (Fsp3) is 0.222. The van der Waals surface area contributed by atoms with Crippen molar-refractivity contribution in [2.45, 2.75) is 71.1 Å². The molecule has 0 saturated carbocycles. The van der Waals surface area contributed by atoms with Gasteiger partial charge in [0.2, 0.25) is 0 Å². The molecule has 0 amide bonds. The summed E-state index contributed by atoms with van der Waals surface area (Å²) >= 11 is 0. The molecular formula is C54H49P. The molecule has 0 N–H and O–H groups in total. The molecule has 3 atom stereocenters. The summed E-state index contributed by atoms with van der Waals surface area (Å²) in [5.41, 5.74) is 16.3. The molecule has 55 heavy (non-hydrogen) atoms. The summed E-state index contributed by atoms with van der Waals surface area (Å²) in [7, 11) is -0.502. The highest BCUT2D eigenvalue weighted by Gasteiger charge is 2.28. The second-order valence-corrected chi connectivity index (χ2v) is 18.5. The Hall–Kier alpha value is -5.03. The van der Waals surface area contributed by atoms with Crippen molar-refractivity contribution in [3.8, 4) is 22.3 Å². The zero-order valence-corrected chi connectivity index (χ0v) is 33.3. The predicted octanol–water partition coefficient (Wildman–Crippen LogP) is 12.6. The minimum absolute atomic E-state index is 0.366. The van der Waals surface area contributed by atoms with Crippen LogP contribution >= 0.6 is 7.92 Å². The van der Waals surface area contributed by atoms with Gasteiger partial charge >= 0.3 is 0 Å². The van der Waals surface area contributed by atoms with Crippen LogP contribution in [0.4, 0.5) is 0 Å². The van der Waals surface area contributed by atoms with Crippen LogP contribution in [0.1, 0.15) is 78.5 Å². The first-order valence-corrected chi connectivity index (χ1v) is 22.3. The molecule has 0 aromatic heterocycles. The van der Waals surface area contributed by atoms with E-state index in [1.165, 1.54) is 93.2 Å². The van der Waals surface area contributed by atoms with E-state index in [0.29, 0.717) is 11.8 Å². The molecule has 2 aliphatic carbocycles. The van der Waals surface area contributed by atoms with Gasteiger partial charge in [0.25, 0.3) is 0 Å². The maximum Gasteiger partial charge on any atom is -0.00233 e. The van der Waals surface area contributed by atoms with E-state index in [0.717, 1.165) is 44.4 Å². The van der Waals surface area contributed by atoms with Crippen molar-refractivity contribution >= 4 is 53.0 Å². The average Bonchev–Trinajstić information content (AvgIpc) is 3.41. The van der Waals surface area contributed by atoms with Crippen molar-refractivity contribution in [3.63, 3.8) is 0 Å². The van der Waals surface area contributed by atoms with Crippen LogP contribution in [-0.4, -0.2) is 0 Å². The molecular weight excluding hydrogens is 680 g/mol. The highest BCUT2D eigenvalue weighted by atomic mass is 31.1. The van der Waals surface area contributed by atoms with Gasteiger partial charge in [-0.15, -0.1) is 0 Å². The van der Waals surface area contributed by atoms with Gasteiger partial charge in [0.05, 0.1) is 0 Å². The third kappa shape index (κ3) is 6.02. The smallest absolute Gasteiger partial charge is 0.00233 e. The molecule has 0 spiro atoms. The van der Waals surface area contributed by atoms with Gasteiger partial charge in [-0.2, -0.15) is 0 Å². The lowest BCUT2D eigenvalue weighted by atomic mass is 9.80. The van der Waals surface area contributed by atoms with Crippen LogP contribution in [0.15, 0.2) is 127 Å². The minimum atomic E-state index is -0.502. The Labute approximate surface area is 327 Å².